The van der Waals surface area contributed by atoms with Gasteiger partial charge in [-0.05, 0) is 18.9 Å². The third-order valence-corrected chi connectivity index (χ3v) is 3.67. The van der Waals surface area contributed by atoms with Crippen molar-refractivity contribution in [2.45, 2.75) is 24.6 Å². The number of benzene rings is 1. The van der Waals surface area contributed by atoms with Crippen molar-refractivity contribution in [2.24, 2.45) is 0 Å². The highest BCUT2D eigenvalue weighted by Gasteiger charge is 2.23. The summed E-state index contributed by atoms with van der Waals surface area (Å²) in [5, 5.41) is 0. The molecule has 0 aromatic heterocycles. The Morgan fingerprint density at radius 3 is 3.00 bits per heavy atom. The number of hydrogen-bond donors (Lipinski definition) is 0. The van der Waals surface area contributed by atoms with Gasteiger partial charge in [0.05, 0.1) is 6.42 Å². The fourth-order valence-corrected chi connectivity index (χ4v) is 2.61. The van der Waals surface area contributed by atoms with E-state index in [0.717, 1.165) is 25.1 Å². The van der Waals surface area contributed by atoms with E-state index >= 15 is 0 Å². The van der Waals surface area contributed by atoms with Gasteiger partial charge in [-0.15, -0.1) is 0 Å². The number of aryl methyl sites for hydroxylation is 1. The molecule has 1 unspecified atom stereocenters. The highest BCUT2D eigenvalue weighted by molar-refractivity contribution is 9.09. The van der Waals surface area contributed by atoms with Gasteiger partial charge in [-0.2, -0.15) is 0 Å². The molecular weight excluding hydrogens is 266 g/mol. The van der Waals surface area contributed by atoms with E-state index in [-0.39, 0.29) is 5.91 Å². The third-order valence-electron chi connectivity index (χ3n) is 2.92. The molecule has 0 aliphatic carbocycles. The zero-order valence-electron chi connectivity index (χ0n) is 9.45. The van der Waals surface area contributed by atoms with Crippen molar-refractivity contribution >= 4 is 21.8 Å². The van der Waals surface area contributed by atoms with Crippen LogP contribution in [0.15, 0.2) is 24.3 Å². The number of halogens is 1. The lowest BCUT2D eigenvalue weighted by molar-refractivity contribution is -0.129. The van der Waals surface area contributed by atoms with Gasteiger partial charge < -0.3 is 4.90 Å². The molecule has 86 valence electrons. The topological polar surface area (TPSA) is 20.3 Å². The molecule has 1 saturated heterocycles. The van der Waals surface area contributed by atoms with Gasteiger partial charge in [0.1, 0.15) is 0 Å². The van der Waals surface area contributed by atoms with Crippen molar-refractivity contribution in [3.8, 4) is 0 Å². The number of amides is 1. The predicted molar refractivity (Wildman–Crippen MR) is 68.8 cm³/mol. The van der Waals surface area contributed by atoms with Crippen LogP contribution in [0, 0.1) is 6.92 Å². The summed E-state index contributed by atoms with van der Waals surface area (Å²) in [6.07, 6.45) is 1.60. The number of likely N-dealkylation sites (tertiary alicyclic amines) is 1. The molecule has 3 heteroatoms. The number of hydrogen-bond acceptors (Lipinski definition) is 1. The summed E-state index contributed by atoms with van der Waals surface area (Å²) in [6, 6.07) is 8.17. The molecule has 2 nitrogen and oxygen atoms in total. The Morgan fingerprint density at radius 2 is 2.38 bits per heavy atom. The SMILES string of the molecule is Cc1cccc(CC(=O)N2CCC(Br)C2)c1. The highest BCUT2D eigenvalue weighted by atomic mass is 79.9. The summed E-state index contributed by atoms with van der Waals surface area (Å²) in [7, 11) is 0. The maximum atomic E-state index is 12.0. The molecule has 0 bridgehead atoms. The molecule has 16 heavy (non-hydrogen) atoms. The van der Waals surface area contributed by atoms with Crippen LogP contribution in [-0.2, 0) is 11.2 Å². The van der Waals surface area contributed by atoms with Gasteiger partial charge in [0.15, 0.2) is 0 Å². The summed E-state index contributed by atoms with van der Waals surface area (Å²) in [5.41, 5.74) is 2.33. The minimum Gasteiger partial charge on any atom is -0.341 e. The van der Waals surface area contributed by atoms with E-state index in [1.54, 1.807) is 0 Å². The van der Waals surface area contributed by atoms with Crippen molar-refractivity contribution in [1.82, 2.24) is 4.90 Å². The van der Waals surface area contributed by atoms with Crippen LogP contribution in [0.3, 0.4) is 0 Å². The Balaban J connectivity index is 1.97. The number of carbonyl (C=O) groups excluding carboxylic acids is 1. The summed E-state index contributed by atoms with van der Waals surface area (Å²) in [5.74, 6) is 0.243. The predicted octanol–water partition coefficient (Wildman–Crippen LogP) is 2.53. The van der Waals surface area contributed by atoms with E-state index in [0.29, 0.717) is 11.2 Å². The molecule has 1 aromatic carbocycles. The smallest absolute Gasteiger partial charge is 0.227 e. The summed E-state index contributed by atoms with van der Waals surface area (Å²) in [6.45, 7) is 3.80. The number of nitrogens with zero attached hydrogens (tertiary/aromatic N) is 1. The second kappa shape index (κ2) is 5.00. The van der Waals surface area contributed by atoms with E-state index in [1.807, 2.05) is 17.0 Å². The molecule has 0 spiro atoms. The molecule has 0 saturated carbocycles. The summed E-state index contributed by atoms with van der Waals surface area (Å²) < 4.78 is 0. The van der Waals surface area contributed by atoms with Crippen molar-refractivity contribution in [2.75, 3.05) is 13.1 Å². The molecule has 1 aliphatic heterocycles. The van der Waals surface area contributed by atoms with Gasteiger partial charge in [-0.1, -0.05) is 45.8 Å². The monoisotopic (exact) mass is 281 g/mol. The Morgan fingerprint density at radius 1 is 1.56 bits per heavy atom. The maximum absolute atomic E-state index is 12.0. The van der Waals surface area contributed by atoms with Gasteiger partial charge in [0.2, 0.25) is 5.91 Å². The quantitative estimate of drug-likeness (QED) is 0.763. The second-order valence-corrected chi connectivity index (χ2v) is 5.69. The Bertz CT molecular complexity index is 391. The van der Waals surface area contributed by atoms with Crippen LogP contribution >= 0.6 is 15.9 Å². The van der Waals surface area contributed by atoms with Crippen LogP contribution in [0.4, 0.5) is 0 Å². The first-order valence-electron chi connectivity index (χ1n) is 5.62. The minimum absolute atomic E-state index is 0.243. The standard InChI is InChI=1S/C13H16BrNO/c1-10-3-2-4-11(7-10)8-13(16)15-6-5-12(14)9-15/h2-4,7,12H,5-6,8-9H2,1H3. The molecule has 1 amide bonds. The normalized spacial score (nSPS) is 20.1. The van der Waals surface area contributed by atoms with Gasteiger partial charge in [0, 0.05) is 17.9 Å². The molecular formula is C13H16BrNO. The zero-order chi connectivity index (χ0) is 11.5. The number of alkyl halides is 1. The lowest BCUT2D eigenvalue weighted by Crippen LogP contribution is -2.30. The first-order valence-corrected chi connectivity index (χ1v) is 6.54. The van der Waals surface area contributed by atoms with Gasteiger partial charge in [-0.3, -0.25) is 4.79 Å². The Kier molecular flexibility index (Phi) is 3.64. The summed E-state index contributed by atoms with van der Waals surface area (Å²) in [4.78, 5) is 14.4. The van der Waals surface area contributed by atoms with Crippen molar-refractivity contribution < 1.29 is 4.79 Å². The second-order valence-electron chi connectivity index (χ2n) is 4.39. The minimum atomic E-state index is 0.243. The Labute approximate surface area is 105 Å². The first-order chi connectivity index (χ1) is 7.65. The van der Waals surface area contributed by atoms with Crippen molar-refractivity contribution in [3.63, 3.8) is 0 Å². The molecule has 1 atom stereocenters. The lowest BCUT2D eigenvalue weighted by Gasteiger charge is -2.15. The molecule has 1 aliphatic rings. The average molecular weight is 282 g/mol. The van der Waals surface area contributed by atoms with E-state index in [4.69, 9.17) is 0 Å². The molecule has 1 fully saturated rings. The number of rotatable bonds is 2. The average Bonchev–Trinajstić information content (AvgIpc) is 2.65. The largest absolute Gasteiger partial charge is 0.341 e. The van der Waals surface area contributed by atoms with Crippen LogP contribution in [0.5, 0.6) is 0 Å². The van der Waals surface area contributed by atoms with E-state index in [1.165, 1.54) is 5.56 Å². The van der Waals surface area contributed by atoms with E-state index in [2.05, 4.69) is 35.0 Å². The third kappa shape index (κ3) is 2.85. The van der Waals surface area contributed by atoms with E-state index < -0.39 is 0 Å². The van der Waals surface area contributed by atoms with Gasteiger partial charge in [-0.25, -0.2) is 0 Å². The fourth-order valence-electron chi connectivity index (χ4n) is 2.05. The molecule has 1 aromatic rings. The van der Waals surface area contributed by atoms with Gasteiger partial charge in [0.25, 0.3) is 0 Å². The molecule has 0 radical (unpaired) electrons. The first kappa shape index (κ1) is 11.6. The van der Waals surface area contributed by atoms with Crippen molar-refractivity contribution in [1.29, 1.82) is 0 Å². The summed E-state index contributed by atoms with van der Waals surface area (Å²) >= 11 is 3.55. The zero-order valence-corrected chi connectivity index (χ0v) is 11.0. The van der Waals surface area contributed by atoms with Crippen LogP contribution < -0.4 is 0 Å². The molecule has 0 N–H and O–H groups in total. The lowest BCUT2D eigenvalue weighted by atomic mass is 10.1. The van der Waals surface area contributed by atoms with Crippen LogP contribution in [0.25, 0.3) is 0 Å². The van der Waals surface area contributed by atoms with Gasteiger partial charge >= 0.3 is 0 Å². The number of carbonyl (C=O) groups is 1. The fraction of sp³-hybridized carbons (Fsp3) is 0.462. The molecule has 1 heterocycles. The maximum Gasteiger partial charge on any atom is 0.227 e. The van der Waals surface area contributed by atoms with Crippen molar-refractivity contribution in [3.05, 3.63) is 35.4 Å². The van der Waals surface area contributed by atoms with Crippen LogP contribution in [0.2, 0.25) is 0 Å². The van der Waals surface area contributed by atoms with Crippen LogP contribution in [0.1, 0.15) is 17.5 Å². The Hall–Kier alpha value is -0.830. The highest BCUT2D eigenvalue weighted by Crippen LogP contribution is 2.17. The molecule has 2 rings (SSSR count). The van der Waals surface area contributed by atoms with Crippen LogP contribution in [-0.4, -0.2) is 28.7 Å². The van der Waals surface area contributed by atoms with E-state index in [9.17, 15) is 4.79 Å².